The molecule has 3 rings (SSSR count). The lowest BCUT2D eigenvalue weighted by atomic mass is 10.2. The summed E-state index contributed by atoms with van der Waals surface area (Å²) in [4.78, 5) is 3.37. The van der Waals surface area contributed by atoms with Gasteiger partial charge in [-0.25, -0.2) is 0 Å². The average Bonchev–Trinajstić information content (AvgIpc) is 2.65. The summed E-state index contributed by atoms with van der Waals surface area (Å²) in [5.74, 6) is 0. The van der Waals surface area contributed by atoms with Crippen molar-refractivity contribution in [3.8, 4) is 0 Å². The van der Waals surface area contributed by atoms with Crippen molar-refractivity contribution in [1.29, 1.82) is 0 Å². The van der Waals surface area contributed by atoms with Crippen molar-refractivity contribution in [3.63, 3.8) is 0 Å². The minimum Gasteiger partial charge on any atom is -0.375 e. The fraction of sp³-hybridized carbons (Fsp3) is 0.429. The maximum atomic E-state index is 5.83. The van der Waals surface area contributed by atoms with Gasteiger partial charge in [0.05, 0.1) is 25.0 Å². The van der Waals surface area contributed by atoms with Gasteiger partial charge in [0.2, 0.25) is 0 Å². The molecular formula is C21H30N2OS+2. The Labute approximate surface area is 157 Å². The van der Waals surface area contributed by atoms with Crippen LogP contribution in [0.5, 0.6) is 0 Å². The van der Waals surface area contributed by atoms with Crippen LogP contribution in [0.1, 0.15) is 11.1 Å². The molecule has 1 atom stereocenters. The van der Waals surface area contributed by atoms with Gasteiger partial charge in [0.15, 0.2) is 0 Å². The van der Waals surface area contributed by atoms with Crippen molar-refractivity contribution in [2.75, 3.05) is 39.3 Å². The van der Waals surface area contributed by atoms with E-state index >= 15 is 0 Å². The fourth-order valence-corrected chi connectivity index (χ4v) is 3.87. The first-order valence-electron chi connectivity index (χ1n) is 9.30. The zero-order chi connectivity index (χ0) is 17.3. The van der Waals surface area contributed by atoms with Crippen LogP contribution in [0.25, 0.3) is 0 Å². The standard InChI is InChI=1S/C21H28N2OS/c25-21(18-24-17-20-9-5-2-6-10-20)16-23-13-11-22(12-14-23)15-19-7-3-1-4-8-19/h1-10,21,25H,11-18H2/p+2/t21-/m1/s1. The molecule has 0 aromatic heterocycles. The molecule has 1 aliphatic rings. The molecule has 134 valence electrons. The van der Waals surface area contributed by atoms with Crippen molar-refractivity contribution in [3.05, 3.63) is 71.8 Å². The van der Waals surface area contributed by atoms with Gasteiger partial charge in [0.1, 0.15) is 32.7 Å². The third kappa shape index (κ3) is 6.48. The van der Waals surface area contributed by atoms with E-state index in [4.69, 9.17) is 17.4 Å². The first-order valence-corrected chi connectivity index (χ1v) is 9.82. The smallest absolute Gasteiger partial charge is 0.127 e. The van der Waals surface area contributed by atoms with Crippen LogP contribution in [0.3, 0.4) is 0 Å². The molecule has 0 bridgehead atoms. The summed E-state index contributed by atoms with van der Waals surface area (Å²) < 4.78 is 5.83. The van der Waals surface area contributed by atoms with Crippen molar-refractivity contribution in [1.82, 2.24) is 0 Å². The predicted octanol–water partition coefficient (Wildman–Crippen LogP) is 0.485. The topological polar surface area (TPSA) is 18.1 Å². The molecule has 0 unspecified atom stereocenters. The lowest BCUT2D eigenvalue weighted by Crippen LogP contribution is -3.28. The van der Waals surface area contributed by atoms with Crippen LogP contribution in [0.15, 0.2) is 60.7 Å². The lowest BCUT2D eigenvalue weighted by molar-refractivity contribution is -1.02. The van der Waals surface area contributed by atoms with E-state index in [9.17, 15) is 0 Å². The molecule has 1 fully saturated rings. The van der Waals surface area contributed by atoms with E-state index in [1.165, 1.54) is 37.3 Å². The molecular weight excluding hydrogens is 328 g/mol. The van der Waals surface area contributed by atoms with Gasteiger partial charge in [0.25, 0.3) is 0 Å². The molecule has 0 aliphatic carbocycles. The van der Waals surface area contributed by atoms with E-state index in [1.54, 1.807) is 9.80 Å². The van der Waals surface area contributed by atoms with Crippen molar-refractivity contribution >= 4 is 12.6 Å². The fourth-order valence-electron chi connectivity index (χ4n) is 3.50. The molecule has 0 amide bonds. The number of rotatable bonds is 8. The van der Waals surface area contributed by atoms with Gasteiger partial charge in [-0.05, 0) is 5.56 Å². The molecule has 0 radical (unpaired) electrons. The van der Waals surface area contributed by atoms with Crippen LogP contribution in [0.4, 0.5) is 0 Å². The molecule has 1 saturated heterocycles. The van der Waals surface area contributed by atoms with Gasteiger partial charge in [-0.3, -0.25) is 0 Å². The largest absolute Gasteiger partial charge is 0.375 e. The van der Waals surface area contributed by atoms with E-state index in [0.717, 1.165) is 19.7 Å². The van der Waals surface area contributed by atoms with Crippen LogP contribution in [0, 0.1) is 0 Å². The third-order valence-electron chi connectivity index (χ3n) is 4.91. The second-order valence-corrected chi connectivity index (χ2v) is 7.75. The maximum Gasteiger partial charge on any atom is 0.127 e. The van der Waals surface area contributed by atoms with E-state index in [-0.39, 0.29) is 0 Å². The minimum absolute atomic E-state index is 0.314. The first kappa shape index (κ1) is 18.5. The Morgan fingerprint density at radius 1 is 0.800 bits per heavy atom. The van der Waals surface area contributed by atoms with Crippen LogP contribution >= 0.6 is 12.6 Å². The number of hydrogen-bond acceptors (Lipinski definition) is 2. The monoisotopic (exact) mass is 358 g/mol. The van der Waals surface area contributed by atoms with Gasteiger partial charge < -0.3 is 14.5 Å². The maximum absolute atomic E-state index is 5.83. The molecule has 1 heterocycles. The molecule has 4 heteroatoms. The predicted molar refractivity (Wildman–Crippen MR) is 105 cm³/mol. The van der Waals surface area contributed by atoms with Crippen LogP contribution in [0.2, 0.25) is 0 Å². The highest BCUT2D eigenvalue weighted by molar-refractivity contribution is 7.81. The van der Waals surface area contributed by atoms with E-state index in [2.05, 4.69) is 54.6 Å². The summed E-state index contributed by atoms with van der Waals surface area (Å²) in [5, 5.41) is 0.314. The van der Waals surface area contributed by atoms with E-state index in [1.807, 2.05) is 6.07 Å². The molecule has 1 aliphatic heterocycles. The number of hydrogen-bond donors (Lipinski definition) is 3. The van der Waals surface area contributed by atoms with Gasteiger partial charge in [-0.15, -0.1) is 0 Å². The van der Waals surface area contributed by atoms with E-state index in [0.29, 0.717) is 11.9 Å². The summed E-state index contributed by atoms with van der Waals surface area (Å²) in [6.45, 7) is 8.61. The van der Waals surface area contributed by atoms with E-state index < -0.39 is 0 Å². The number of quaternary nitrogens is 2. The van der Waals surface area contributed by atoms with Gasteiger partial charge >= 0.3 is 0 Å². The molecule has 2 aromatic rings. The van der Waals surface area contributed by atoms with Gasteiger partial charge in [0, 0.05) is 5.56 Å². The van der Waals surface area contributed by atoms with Crippen molar-refractivity contribution < 1.29 is 14.5 Å². The number of nitrogens with one attached hydrogen (secondary N) is 2. The van der Waals surface area contributed by atoms with Gasteiger partial charge in [-0.2, -0.15) is 12.6 Å². The third-order valence-corrected chi connectivity index (χ3v) is 5.24. The highest BCUT2D eigenvalue weighted by atomic mass is 32.1. The van der Waals surface area contributed by atoms with Gasteiger partial charge in [-0.1, -0.05) is 60.7 Å². The zero-order valence-corrected chi connectivity index (χ0v) is 15.8. The number of thiol groups is 1. The minimum atomic E-state index is 0.314. The second-order valence-electron chi connectivity index (χ2n) is 7.02. The molecule has 3 nitrogen and oxygen atoms in total. The second kappa shape index (κ2) is 9.97. The summed E-state index contributed by atoms with van der Waals surface area (Å²) in [6, 6.07) is 21.2. The SMILES string of the molecule is S[C@@H](COCc1ccccc1)C[NH+]1CC[NH+](Cc2ccccc2)CC1. The van der Waals surface area contributed by atoms with Crippen LogP contribution in [-0.4, -0.2) is 44.6 Å². The molecule has 2 N–H and O–H groups in total. The summed E-state index contributed by atoms with van der Waals surface area (Å²) in [7, 11) is 0. The Hall–Kier alpha value is -1.33. The van der Waals surface area contributed by atoms with Crippen LogP contribution < -0.4 is 9.80 Å². The lowest BCUT2D eigenvalue weighted by Gasteiger charge is -2.31. The Morgan fingerprint density at radius 3 is 2.00 bits per heavy atom. The molecule has 25 heavy (non-hydrogen) atoms. The highest BCUT2D eigenvalue weighted by Crippen LogP contribution is 2.02. The molecule has 0 saturated carbocycles. The Kier molecular flexibility index (Phi) is 7.37. The average molecular weight is 359 g/mol. The first-order chi connectivity index (χ1) is 12.3. The number of ether oxygens (including phenoxy) is 1. The summed E-state index contributed by atoms with van der Waals surface area (Å²) >= 11 is 4.74. The molecule has 0 spiro atoms. The zero-order valence-electron chi connectivity index (χ0n) is 14.9. The number of benzene rings is 2. The normalized spacial score (nSPS) is 21.8. The Morgan fingerprint density at radius 2 is 1.36 bits per heavy atom. The number of piperazine rings is 1. The van der Waals surface area contributed by atoms with Crippen molar-refractivity contribution in [2.45, 2.75) is 18.4 Å². The Bertz CT molecular complexity index is 600. The quantitative estimate of drug-likeness (QED) is 0.586. The summed E-state index contributed by atoms with van der Waals surface area (Å²) in [6.07, 6.45) is 0. The van der Waals surface area contributed by atoms with Crippen molar-refractivity contribution in [2.24, 2.45) is 0 Å². The Balaban J connectivity index is 1.31. The molecule has 2 aromatic carbocycles. The van der Waals surface area contributed by atoms with Crippen LogP contribution in [-0.2, 0) is 17.9 Å². The summed E-state index contributed by atoms with van der Waals surface area (Å²) in [5.41, 5.74) is 2.68. The highest BCUT2D eigenvalue weighted by Gasteiger charge is 2.24.